The molecule has 1 aliphatic rings. The van der Waals surface area contributed by atoms with Crippen LogP contribution in [0.5, 0.6) is 0 Å². The maximum absolute atomic E-state index is 14.3. The van der Waals surface area contributed by atoms with Crippen LogP contribution in [0.3, 0.4) is 0 Å². The fourth-order valence-electron chi connectivity index (χ4n) is 2.74. The Bertz CT molecular complexity index is 588. The van der Waals surface area contributed by atoms with Crippen LogP contribution in [0, 0.1) is 5.82 Å². The molecule has 2 aromatic rings. The second kappa shape index (κ2) is 5.80. The van der Waals surface area contributed by atoms with E-state index < -0.39 is 0 Å². The zero-order valence-corrected chi connectivity index (χ0v) is 11.9. The molecule has 1 aliphatic heterocycles. The van der Waals surface area contributed by atoms with Crippen LogP contribution in [0.1, 0.15) is 23.5 Å². The number of anilines is 1. The Balaban J connectivity index is 1.81. The maximum Gasteiger partial charge on any atom is 0.170 e. The van der Waals surface area contributed by atoms with Crippen molar-refractivity contribution in [1.82, 2.24) is 4.98 Å². The van der Waals surface area contributed by atoms with Crippen molar-refractivity contribution in [2.45, 2.75) is 18.2 Å². The van der Waals surface area contributed by atoms with Gasteiger partial charge in [-0.05, 0) is 18.1 Å². The fourth-order valence-corrected chi connectivity index (χ4v) is 2.95. The van der Waals surface area contributed by atoms with E-state index in [2.05, 4.69) is 17.1 Å². The Morgan fingerprint density at radius 3 is 2.80 bits per heavy atom. The van der Waals surface area contributed by atoms with Gasteiger partial charge < -0.3 is 4.90 Å². The molecule has 1 unspecified atom stereocenters. The minimum absolute atomic E-state index is 0.178. The molecule has 1 saturated heterocycles. The van der Waals surface area contributed by atoms with E-state index >= 15 is 0 Å². The maximum atomic E-state index is 14.3. The number of hydrogen-bond donors (Lipinski definition) is 0. The van der Waals surface area contributed by atoms with Crippen LogP contribution < -0.4 is 4.90 Å². The van der Waals surface area contributed by atoms with Gasteiger partial charge in [-0.1, -0.05) is 30.3 Å². The minimum Gasteiger partial charge on any atom is -0.354 e. The molecule has 0 amide bonds. The molecule has 2 nitrogen and oxygen atoms in total. The summed E-state index contributed by atoms with van der Waals surface area (Å²) in [5.74, 6) is 0.770. The van der Waals surface area contributed by atoms with Gasteiger partial charge in [-0.3, -0.25) is 0 Å². The third kappa shape index (κ3) is 2.50. The van der Waals surface area contributed by atoms with Gasteiger partial charge in [0.1, 0.15) is 0 Å². The highest BCUT2D eigenvalue weighted by Gasteiger charge is 2.27. The van der Waals surface area contributed by atoms with Crippen molar-refractivity contribution in [3.05, 3.63) is 59.5 Å². The van der Waals surface area contributed by atoms with Crippen molar-refractivity contribution in [2.24, 2.45) is 0 Å². The molecule has 1 aromatic carbocycles. The summed E-state index contributed by atoms with van der Waals surface area (Å²) < 4.78 is 14.3. The molecule has 0 radical (unpaired) electrons. The standard InChI is InChI=1S/C16H16ClFN2/c17-10-13-6-8-19-16(15(13)18)20-9-7-14(11-20)12-4-2-1-3-5-12/h1-6,8,14H,7,9-11H2. The predicted molar refractivity (Wildman–Crippen MR) is 79.8 cm³/mol. The third-order valence-electron chi connectivity index (χ3n) is 3.85. The predicted octanol–water partition coefficient (Wildman–Crippen LogP) is 3.95. The van der Waals surface area contributed by atoms with Gasteiger partial charge >= 0.3 is 0 Å². The summed E-state index contributed by atoms with van der Waals surface area (Å²) in [7, 11) is 0. The number of pyridine rings is 1. The topological polar surface area (TPSA) is 16.1 Å². The van der Waals surface area contributed by atoms with Crippen LogP contribution in [0.25, 0.3) is 0 Å². The van der Waals surface area contributed by atoms with Crippen molar-refractivity contribution in [3.8, 4) is 0 Å². The van der Waals surface area contributed by atoms with Crippen molar-refractivity contribution >= 4 is 17.4 Å². The first kappa shape index (κ1) is 13.4. The number of alkyl halides is 1. The largest absolute Gasteiger partial charge is 0.354 e. The molecular formula is C16H16ClFN2. The SMILES string of the molecule is Fc1c(CCl)ccnc1N1CCC(c2ccccc2)C1. The fraction of sp³-hybridized carbons (Fsp3) is 0.312. The van der Waals surface area contributed by atoms with Crippen LogP contribution in [-0.4, -0.2) is 18.1 Å². The lowest BCUT2D eigenvalue weighted by atomic mass is 9.99. The normalized spacial score (nSPS) is 18.5. The lowest BCUT2D eigenvalue weighted by molar-refractivity contribution is 0.604. The first-order chi connectivity index (χ1) is 9.79. The zero-order chi connectivity index (χ0) is 13.9. The van der Waals surface area contributed by atoms with E-state index in [-0.39, 0.29) is 11.7 Å². The highest BCUT2D eigenvalue weighted by molar-refractivity contribution is 6.17. The van der Waals surface area contributed by atoms with E-state index in [4.69, 9.17) is 11.6 Å². The number of rotatable bonds is 3. The highest BCUT2D eigenvalue weighted by Crippen LogP contribution is 2.31. The molecule has 20 heavy (non-hydrogen) atoms. The summed E-state index contributed by atoms with van der Waals surface area (Å²) in [6.07, 6.45) is 2.65. The van der Waals surface area contributed by atoms with E-state index in [1.165, 1.54) is 5.56 Å². The van der Waals surface area contributed by atoms with Crippen LogP contribution >= 0.6 is 11.6 Å². The molecule has 2 heterocycles. The lowest BCUT2D eigenvalue weighted by Crippen LogP contribution is -2.22. The molecule has 3 rings (SSSR count). The van der Waals surface area contributed by atoms with Crippen LogP contribution in [0.4, 0.5) is 10.2 Å². The average Bonchev–Trinajstić information content (AvgIpc) is 2.98. The molecule has 4 heteroatoms. The molecule has 1 fully saturated rings. The van der Waals surface area contributed by atoms with Gasteiger partial charge in [-0.2, -0.15) is 0 Å². The molecule has 1 atom stereocenters. The summed E-state index contributed by atoms with van der Waals surface area (Å²) in [5, 5.41) is 0. The van der Waals surface area contributed by atoms with Crippen LogP contribution in [-0.2, 0) is 5.88 Å². The Morgan fingerprint density at radius 1 is 1.25 bits per heavy atom. The van der Waals surface area contributed by atoms with Gasteiger partial charge in [-0.15, -0.1) is 11.6 Å². The number of hydrogen-bond acceptors (Lipinski definition) is 2. The summed E-state index contributed by atoms with van der Waals surface area (Å²) >= 11 is 5.75. The van der Waals surface area contributed by atoms with Crippen molar-refractivity contribution in [2.75, 3.05) is 18.0 Å². The molecule has 1 aromatic heterocycles. The zero-order valence-electron chi connectivity index (χ0n) is 11.1. The molecule has 0 saturated carbocycles. The minimum atomic E-state index is -0.281. The quantitative estimate of drug-likeness (QED) is 0.796. The van der Waals surface area contributed by atoms with E-state index in [0.29, 0.717) is 17.3 Å². The molecule has 0 spiro atoms. The Hall–Kier alpha value is -1.61. The number of aromatic nitrogens is 1. The third-order valence-corrected chi connectivity index (χ3v) is 4.14. The summed E-state index contributed by atoms with van der Waals surface area (Å²) in [6.45, 7) is 1.63. The Morgan fingerprint density at radius 2 is 2.05 bits per heavy atom. The van der Waals surface area contributed by atoms with E-state index in [0.717, 1.165) is 19.5 Å². The molecule has 0 N–H and O–H groups in total. The van der Waals surface area contributed by atoms with Crippen molar-refractivity contribution < 1.29 is 4.39 Å². The first-order valence-corrected chi connectivity index (χ1v) is 7.32. The smallest absolute Gasteiger partial charge is 0.170 e. The van der Waals surface area contributed by atoms with E-state index in [1.54, 1.807) is 12.3 Å². The van der Waals surface area contributed by atoms with E-state index in [1.807, 2.05) is 23.1 Å². The van der Waals surface area contributed by atoms with Crippen LogP contribution in [0.15, 0.2) is 42.6 Å². The summed E-state index contributed by atoms with van der Waals surface area (Å²) in [4.78, 5) is 6.21. The molecule has 0 bridgehead atoms. The van der Waals surface area contributed by atoms with Gasteiger partial charge in [0.2, 0.25) is 0 Å². The van der Waals surface area contributed by atoms with Gasteiger partial charge in [0.15, 0.2) is 11.6 Å². The van der Waals surface area contributed by atoms with Crippen molar-refractivity contribution in [1.29, 1.82) is 0 Å². The van der Waals surface area contributed by atoms with Crippen molar-refractivity contribution in [3.63, 3.8) is 0 Å². The number of halogens is 2. The lowest BCUT2D eigenvalue weighted by Gasteiger charge is -2.19. The molecule has 0 aliphatic carbocycles. The second-order valence-corrected chi connectivity index (χ2v) is 5.35. The second-order valence-electron chi connectivity index (χ2n) is 5.08. The summed E-state index contributed by atoms with van der Waals surface area (Å²) in [6, 6.07) is 12.0. The Labute approximate surface area is 123 Å². The van der Waals surface area contributed by atoms with E-state index in [9.17, 15) is 4.39 Å². The first-order valence-electron chi connectivity index (χ1n) is 6.79. The summed E-state index contributed by atoms with van der Waals surface area (Å²) in [5.41, 5.74) is 1.82. The van der Waals surface area contributed by atoms with Gasteiger partial charge in [-0.25, -0.2) is 9.37 Å². The molecule has 104 valence electrons. The Kier molecular flexibility index (Phi) is 3.88. The average molecular weight is 291 g/mol. The number of nitrogens with zero attached hydrogens (tertiary/aromatic N) is 2. The van der Waals surface area contributed by atoms with Gasteiger partial charge in [0.05, 0.1) is 5.88 Å². The number of benzene rings is 1. The highest BCUT2D eigenvalue weighted by atomic mass is 35.5. The van der Waals surface area contributed by atoms with Gasteiger partial charge in [0.25, 0.3) is 0 Å². The van der Waals surface area contributed by atoms with Crippen LogP contribution in [0.2, 0.25) is 0 Å². The molecular weight excluding hydrogens is 275 g/mol. The van der Waals surface area contributed by atoms with Gasteiger partial charge in [0, 0.05) is 30.8 Å². The monoisotopic (exact) mass is 290 g/mol.